The summed E-state index contributed by atoms with van der Waals surface area (Å²) in [5.74, 6) is -0.401. The van der Waals surface area contributed by atoms with Crippen molar-refractivity contribution in [2.45, 2.75) is 51.6 Å². The number of hydrogen-bond donors (Lipinski definition) is 2. The zero-order chi connectivity index (χ0) is 12.1. The highest BCUT2D eigenvalue weighted by Crippen LogP contribution is 2.18. The van der Waals surface area contributed by atoms with Gasteiger partial charge in [0.2, 0.25) is 5.91 Å². The standard InChI is InChI=1S/C10H18BNO4/c1-3-10(14)12-9-5-4-8(6-7(2)13)16-11(9)15/h8-9,15H,3-6H2,1-2H3,(H,12,14)/t8-,9-/m0/s1. The molecule has 2 atom stereocenters. The highest BCUT2D eigenvalue weighted by molar-refractivity contribution is 6.45. The van der Waals surface area contributed by atoms with Crippen LogP contribution < -0.4 is 5.32 Å². The van der Waals surface area contributed by atoms with Crippen LogP contribution in [0.4, 0.5) is 0 Å². The molecular formula is C10H18BNO4. The SMILES string of the molecule is CCC(=O)N[C@H]1CC[C@@H](CC(C)=O)OB1O. The lowest BCUT2D eigenvalue weighted by Crippen LogP contribution is -2.52. The van der Waals surface area contributed by atoms with Gasteiger partial charge in [-0.3, -0.25) is 9.59 Å². The second-order valence-electron chi connectivity index (χ2n) is 4.16. The smallest absolute Gasteiger partial charge is 0.426 e. The molecule has 1 saturated heterocycles. The van der Waals surface area contributed by atoms with Gasteiger partial charge in [0, 0.05) is 18.9 Å². The van der Waals surface area contributed by atoms with E-state index in [1.165, 1.54) is 6.92 Å². The monoisotopic (exact) mass is 227 g/mol. The fourth-order valence-electron chi connectivity index (χ4n) is 1.79. The second-order valence-corrected chi connectivity index (χ2v) is 4.16. The molecule has 5 nitrogen and oxygen atoms in total. The average Bonchev–Trinajstić information content (AvgIpc) is 2.21. The number of carbonyl (C=O) groups excluding carboxylic acids is 2. The summed E-state index contributed by atoms with van der Waals surface area (Å²) in [6.45, 7) is 3.25. The minimum absolute atomic E-state index is 0.0493. The van der Waals surface area contributed by atoms with E-state index in [1.54, 1.807) is 6.92 Å². The van der Waals surface area contributed by atoms with E-state index in [2.05, 4.69) is 5.32 Å². The molecule has 0 unspecified atom stereocenters. The van der Waals surface area contributed by atoms with E-state index in [1.807, 2.05) is 0 Å². The molecule has 1 aliphatic heterocycles. The molecule has 1 rings (SSSR count). The quantitative estimate of drug-likeness (QED) is 0.666. The van der Waals surface area contributed by atoms with Gasteiger partial charge in [0.15, 0.2) is 0 Å². The normalized spacial score (nSPS) is 25.3. The Bertz CT molecular complexity index is 272. The Morgan fingerprint density at radius 3 is 2.69 bits per heavy atom. The molecule has 0 spiro atoms. The fourth-order valence-corrected chi connectivity index (χ4v) is 1.79. The van der Waals surface area contributed by atoms with Crippen LogP contribution in [0.25, 0.3) is 0 Å². The maximum atomic E-state index is 11.2. The Balaban J connectivity index is 2.39. The predicted molar refractivity (Wildman–Crippen MR) is 59.6 cm³/mol. The van der Waals surface area contributed by atoms with Gasteiger partial charge < -0.3 is 15.0 Å². The van der Waals surface area contributed by atoms with E-state index >= 15 is 0 Å². The third kappa shape index (κ3) is 3.94. The van der Waals surface area contributed by atoms with Crippen LogP contribution in [0.1, 0.15) is 39.5 Å². The van der Waals surface area contributed by atoms with Crippen molar-refractivity contribution in [3.8, 4) is 0 Å². The summed E-state index contributed by atoms with van der Waals surface area (Å²) < 4.78 is 5.28. The zero-order valence-corrected chi connectivity index (χ0v) is 9.73. The van der Waals surface area contributed by atoms with E-state index in [0.29, 0.717) is 25.7 Å². The van der Waals surface area contributed by atoms with Crippen LogP contribution >= 0.6 is 0 Å². The fraction of sp³-hybridized carbons (Fsp3) is 0.800. The molecule has 0 aromatic heterocycles. The molecule has 0 radical (unpaired) electrons. The van der Waals surface area contributed by atoms with Crippen LogP contribution in [0, 0.1) is 0 Å². The van der Waals surface area contributed by atoms with Gasteiger partial charge in [0.25, 0.3) is 0 Å². The first kappa shape index (κ1) is 13.2. The van der Waals surface area contributed by atoms with Crippen molar-refractivity contribution < 1.29 is 19.3 Å². The van der Waals surface area contributed by atoms with Crippen LogP contribution in [-0.2, 0) is 14.2 Å². The van der Waals surface area contributed by atoms with E-state index in [-0.39, 0.29) is 23.7 Å². The summed E-state index contributed by atoms with van der Waals surface area (Å²) in [4.78, 5) is 22.0. The minimum atomic E-state index is -1.01. The van der Waals surface area contributed by atoms with Crippen LogP contribution in [0.15, 0.2) is 0 Å². The van der Waals surface area contributed by atoms with Gasteiger partial charge in [-0.25, -0.2) is 0 Å². The van der Waals surface area contributed by atoms with Gasteiger partial charge in [-0.1, -0.05) is 6.92 Å². The summed E-state index contributed by atoms with van der Waals surface area (Å²) >= 11 is 0. The molecule has 0 aromatic carbocycles. The summed E-state index contributed by atoms with van der Waals surface area (Å²) in [5, 5.41) is 12.3. The summed E-state index contributed by atoms with van der Waals surface area (Å²) in [5.41, 5.74) is 0. The highest BCUT2D eigenvalue weighted by atomic mass is 16.5. The molecular weight excluding hydrogens is 209 g/mol. The Kier molecular flexibility index (Phi) is 4.95. The molecule has 6 heteroatoms. The lowest BCUT2D eigenvalue weighted by Gasteiger charge is -2.31. The Hall–Kier alpha value is -0.875. The topological polar surface area (TPSA) is 75.6 Å². The first-order valence-electron chi connectivity index (χ1n) is 5.65. The first-order chi connectivity index (χ1) is 7.52. The van der Waals surface area contributed by atoms with Gasteiger partial charge in [0.1, 0.15) is 5.78 Å². The zero-order valence-electron chi connectivity index (χ0n) is 9.73. The molecule has 0 aliphatic carbocycles. The van der Waals surface area contributed by atoms with E-state index in [9.17, 15) is 14.6 Å². The maximum absolute atomic E-state index is 11.2. The summed E-state index contributed by atoms with van der Waals surface area (Å²) in [6.07, 6.45) is 1.82. The molecule has 1 aliphatic rings. The van der Waals surface area contributed by atoms with Crippen molar-refractivity contribution in [3.05, 3.63) is 0 Å². The molecule has 0 aromatic rings. The number of hydrogen-bond acceptors (Lipinski definition) is 4. The molecule has 1 heterocycles. The van der Waals surface area contributed by atoms with E-state index < -0.39 is 7.12 Å². The second kappa shape index (κ2) is 6.01. The third-order valence-electron chi connectivity index (χ3n) is 2.66. The predicted octanol–water partition coefficient (Wildman–Crippen LogP) is 0.0590. The molecule has 0 bridgehead atoms. The van der Waals surface area contributed by atoms with Crippen molar-refractivity contribution in [1.29, 1.82) is 0 Å². The number of carbonyl (C=O) groups is 2. The van der Waals surface area contributed by atoms with E-state index in [0.717, 1.165) is 0 Å². The number of nitrogens with one attached hydrogen (secondary N) is 1. The molecule has 1 fully saturated rings. The lowest BCUT2D eigenvalue weighted by atomic mass is 9.72. The number of amides is 1. The maximum Gasteiger partial charge on any atom is 0.478 e. The first-order valence-corrected chi connectivity index (χ1v) is 5.65. The largest absolute Gasteiger partial charge is 0.478 e. The molecule has 0 saturated carbocycles. The molecule has 2 N–H and O–H groups in total. The molecule has 90 valence electrons. The van der Waals surface area contributed by atoms with Gasteiger partial charge in [-0.2, -0.15) is 0 Å². The summed E-state index contributed by atoms with van der Waals surface area (Å²) in [6, 6.07) is 0. The van der Waals surface area contributed by atoms with Crippen LogP contribution in [0.3, 0.4) is 0 Å². The Morgan fingerprint density at radius 2 is 2.19 bits per heavy atom. The highest BCUT2D eigenvalue weighted by Gasteiger charge is 2.35. The van der Waals surface area contributed by atoms with Crippen molar-refractivity contribution in [2.75, 3.05) is 0 Å². The van der Waals surface area contributed by atoms with Crippen LogP contribution in [0.2, 0.25) is 0 Å². The van der Waals surface area contributed by atoms with Crippen molar-refractivity contribution in [1.82, 2.24) is 5.32 Å². The van der Waals surface area contributed by atoms with Crippen molar-refractivity contribution in [3.63, 3.8) is 0 Å². The number of rotatable bonds is 4. The minimum Gasteiger partial charge on any atom is -0.426 e. The molecule has 1 amide bonds. The van der Waals surface area contributed by atoms with Crippen LogP contribution in [0.5, 0.6) is 0 Å². The lowest BCUT2D eigenvalue weighted by molar-refractivity contribution is -0.122. The average molecular weight is 227 g/mol. The number of Topliss-reactive ketones (excluding diaryl/α,β-unsaturated/α-hetero) is 1. The van der Waals surface area contributed by atoms with Gasteiger partial charge in [-0.15, -0.1) is 0 Å². The Labute approximate surface area is 95.7 Å². The Morgan fingerprint density at radius 1 is 1.50 bits per heavy atom. The summed E-state index contributed by atoms with van der Waals surface area (Å²) in [7, 11) is -1.01. The van der Waals surface area contributed by atoms with E-state index in [4.69, 9.17) is 4.65 Å². The van der Waals surface area contributed by atoms with Crippen LogP contribution in [-0.4, -0.2) is 35.9 Å². The van der Waals surface area contributed by atoms with Crippen molar-refractivity contribution in [2.24, 2.45) is 0 Å². The number of ketones is 1. The van der Waals surface area contributed by atoms with Gasteiger partial charge in [0.05, 0.1) is 5.94 Å². The van der Waals surface area contributed by atoms with Gasteiger partial charge in [-0.05, 0) is 19.8 Å². The van der Waals surface area contributed by atoms with Crippen molar-refractivity contribution >= 4 is 18.8 Å². The third-order valence-corrected chi connectivity index (χ3v) is 2.66. The molecule has 16 heavy (non-hydrogen) atoms. The van der Waals surface area contributed by atoms with Gasteiger partial charge >= 0.3 is 7.12 Å².